The maximum absolute atomic E-state index is 12.4. The second-order valence-electron chi connectivity index (χ2n) is 6.10. The van der Waals surface area contributed by atoms with Gasteiger partial charge in [-0.05, 0) is 37.8 Å². The van der Waals surface area contributed by atoms with E-state index in [0.717, 1.165) is 29.0 Å². The molecular formula is C17H24N4OS. The minimum absolute atomic E-state index is 0.0664. The largest absolute Gasteiger partial charge is 0.345 e. The van der Waals surface area contributed by atoms with Gasteiger partial charge in [0.2, 0.25) is 5.91 Å². The van der Waals surface area contributed by atoms with Crippen LogP contribution in [0.1, 0.15) is 31.6 Å². The number of hydrogen-bond donors (Lipinski definition) is 2. The number of benzene rings is 1. The van der Waals surface area contributed by atoms with E-state index in [-0.39, 0.29) is 11.9 Å². The normalized spacial score (nSPS) is 19.3. The highest BCUT2D eigenvalue weighted by molar-refractivity contribution is 7.99. The Morgan fingerprint density at radius 1 is 1.52 bits per heavy atom. The first-order valence-electron chi connectivity index (χ1n) is 8.19. The number of para-hydroxylation sites is 2. The van der Waals surface area contributed by atoms with E-state index in [1.807, 2.05) is 43.1 Å². The maximum Gasteiger partial charge on any atom is 0.234 e. The third-order valence-corrected chi connectivity index (χ3v) is 5.55. The molecule has 6 heteroatoms. The van der Waals surface area contributed by atoms with Crippen LogP contribution in [0.5, 0.6) is 0 Å². The summed E-state index contributed by atoms with van der Waals surface area (Å²) >= 11 is 1.97. The van der Waals surface area contributed by atoms with Crippen LogP contribution in [0.15, 0.2) is 24.3 Å². The van der Waals surface area contributed by atoms with Crippen molar-refractivity contribution in [3.05, 3.63) is 30.1 Å². The molecule has 2 N–H and O–H groups in total. The van der Waals surface area contributed by atoms with Crippen LogP contribution in [0.25, 0.3) is 11.0 Å². The zero-order valence-electron chi connectivity index (χ0n) is 13.7. The molecule has 0 bridgehead atoms. The number of thioether (sulfide) groups is 1. The van der Waals surface area contributed by atoms with Gasteiger partial charge in [0, 0.05) is 11.8 Å². The van der Waals surface area contributed by atoms with Crippen LogP contribution in [0.2, 0.25) is 0 Å². The highest BCUT2D eigenvalue weighted by atomic mass is 32.2. The summed E-state index contributed by atoms with van der Waals surface area (Å²) in [5.41, 5.74) is 1.95. The van der Waals surface area contributed by atoms with Gasteiger partial charge < -0.3 is 10.3 Å². The number of rotatable bonds is 6. The van der Waals surface area contributed by atoms with E-state index in [4.69, 9.17) is 0 Å². The molecule has 0 unspecified atom stereocenters. The lowest BCUT2D eigenvalue weighted by Gasteiger charge is -2.24. The first-order valence-corrected chi connectivity index (χ1v) is 9.35. The molecule has 1 aromatic carbocycles. The Morgan fingerprint density at radius 3 is 3.04 bits per heavy atom. The molecule has 1 saturated heterocycles. The van der Waals surface area contributed by atoms with Crippen molar-refractivity contribution in [3.63, 3.8) is 0 Å². The molecule has 1 aliphatic heterocycles. The van der Waals surface area contributed by atoms with E-state index in [1.165, 1.54) is 12.2 Å². The van der Waals surface area contributed by atoms with Crippen LogP contribution in [0.4, 0.5) is 0 Å². The Kier molecular flexibility index (Phi) is 5.23. The van der Waals surface area contributed by atoms with Crippen molar-refractivity contribution >= 4 is 28.7 Å². The number of hydrogen-bond acceptors (Lipinski definition) is 4. The Bertz CT molecular complexity index is 632. The van der Waals surface area contributed by atoms with Gasteiger partial charge in [0.1, 0.15) is 5.82 Å². The molecule has 2 aromatic rings. The quantitative estimate of drug-likeness (QED) is 0.853. The van der Waals surface area contributed by atoms with Gasteiger partial charge in [-0.1, -0.05) is 19.1 Å². The van der Waals surface area contributed by atoms with Crippen LogP contribution < -0.4 is 5.32 Å². The Labute approximate surface area is 141 Å². The number of fused-ring (bicyclic) bond motifs is 1. The fourth-order valence-corrected chi connectivity index (χ4v) is 4.27. The minimum atomic E-state index is -0.0683. The van der Waals surface area contributed by atoms with Crippen molar-refractivity contribution in [2.24, 2.45) is 0 Å². The van der Waals surface area contributed by atoms with E-state index >= 15 is 0 Å². The van der Waals surface area contributed by atoms with Gasteiger partial charge in [0.25, 0.3) is 0 Å². The standard InChI is InChI=1S/C17H24N4OS/c1-3-13(17-19-14-6-4-5-7-15(14)20-17)18-16(22)10-21(2)12-8-9-23-11-12/h4-7,12-13H,3,8-11H2,1-2H3,(H,18,22)(H,19,20)/t12-,13+/m1/s1. The van der Waals surface area contributed by atoms with Gasteiger partial charge in [0.05, 0.1) is 23.6 Å². The first-order chi connectivity index (χ1) is 11.2. The summed E-state index contributed by atoms with van der Waals surface area (Å²) in [6.45, 7) is 2.51. The number of likely N-dealkylation sites (N-methyl/N-ethyl adjacent to an activating group) is 1. The Hall–Kier alpha value is -1.53. The topological polar surface area (TPSA) is 61.0 Å². The molecule has 5 nitrogen and oxygen atoms in total. The number of nitrogens with zero attached hydrogens (tertiary/aromatic N) is 2. The van der Waals surface area contributed by atoms with Crippen LogP contribution in [0.3, 0.4) is 0 Å². The van der Waals surface area contributed by atoms with Crippen LogP contribution >= 0.6 is 11.8 Å². The lowest BCUT2D eigenvalue weighted by Crippen LogP contribution is -2.41. The van der Waals surface area contributed by atoms with Crippen LogP contribution in [-0.4, -0.2) is 51.9 Å². The van der Waals surface area contributed by atoms with Crippen LogP contribution in [0, 0.1) is 0 Å². The predicted molar refractivity (Wildman–Crippen MR) is 95.6 cm³/mol. The van der Waals surface area contributed by atoms with Crippen molar-refractivity contribution in [2.45, 2.75) is 31.8 Å². The second-order valence-corrected chi connectivity index (χ2v) is 7.25. The van der Waals surface area contributed by atoms with E-state index < -0.39 is 0 Å². The van der Waals surface area contributed by atoms with Crippen molar-refractivity contribution in [1.82, 2.24) is 20.2 Å². The third kappa shape index (κ3) is 3.87. The molecule has 1 aliphatic rings. The van der Waals surface area contributed by atoms with Gasteiger partial charge in [-0.25, -0.2) is 4.98 Å². The predicted octanol–water partition coefficient (Wildman–Crippen LogP) is 2.57. The van der Waals surface area contributed by atoms with Gasteiger partial charge >= 0.3 is 0 Å². The Morgan fingerprint density at radius 2 is 2.35 bits per heavy atom. The average molecular weight is 332 g/mol. The Balaban J connectivity index is 1.62. The summed E-state index contributed by atoms with van der Waals surface area (Å²) < 4.78 is 0. The fraction of sp³-hybridized carbons (Fsp3) is 0.529. The molecule has 1 amide bonds. The molecule has 3 rings (SSSR count). The van der Waals surface area contributed by atoms with E-state index in [9.17, 15) is 4.79 Å². The maximum atomic E-state index is 12.4. The molecule has 0 saturated carbocycles. The number of H-pyrrole nitrogens is 1. The average Bonchev–Trinajstić information content (AvgIpc) is 3.21. The summed E-state index contributed by atoms with van der Waals surface area (Å²) in [4.78, 5) is 22.5. The van der Waals surface area contributed by atoms with Crippen LogP contribution in [-0.2, 0) is 4.79 Å². The molecule has 0 spiro atoms. The second kappa shape index (κ2) is 7.36. The van der Waals surface area contributed by atoms with Crippen molar-refractivity contribution in [2.75, 3.05) is 25.1 Å². The van der Waals surface area contributed by atoms with Crippen molar-refractivity contribution in [1.29, 1.82) is 0 Å². The summed E-state index contributed by atoms with van der Waals surface area (Å²) in [5.74, 6) is 3.23. The highest BCUT2D eigenvalue weighted by Crippen LogP contribution is 2.21. The summed E-state index contributed by atoms with van der Waals surface area (Å²) in [6.07, 6.45) is 1.99. The third-order valence-electron chi connectivity index (χ3n) is 4.40. The molecule has 1 fully saturated rings. The van der Waals surface area contributed by atoms with Crippen molar-refractivity contribution in [3.8, 4) is 0 Å². The SMILES string of the molecule is CC[C@H](NC(=O)CN(C)[C@@H]1CCSC1)c1nc2ccccc2[nH]1. The van der Waals surface area contributed by atoms with E-state index in [1.54, 1.807) is 0 Å². The molecule has 2 atom stereocenters. The summed E-state index contributed by atoms with van der Waals surface area (Å²) in [7, 11) is 2.04. The zero-order chi connectivity index (χ0) is 16.2. The number of aromatic nitrogens is 2. The molecule has 2 heterocycles. The molecule has 1 aromatic heterocycles. The van der Waals surface area contributed by atoms with E-state index in [2.05, 4.69) is 27.1 Å². The van der Waals surface area contributed by atoms with E-state index in [0.29, 0.717) is 12.6 Å². The first kappa shape index (κ1) is 16.3. The summed E-state index contributed by atoms with van der Waals surface area (Å²) in [5, 5.41) is 3.12. The molecule has 124 valence electrons. The van der Waals surface area contributed by atoms with Gasteiger partial charge in [-0.2, -0.15) is 11.8 Å². The lowest BCUT2D eigenvalue weighted by atomic mass is 10.2. The smallest absolute Gasteiger partial charge is 0.234 e. The number of carbonyl (C=O) groups excluding carboxylic acids is 1. The number of imidazole rings is 1. The van der Waals surface area contributed by atoms with Crippen molar-refractivity contribution < 1.29 is 4.79 Å². The lowest BCUT2D eigenvalue weighted by molar-refractivity contribution is -0.123. The monoisotopic (exact) mass is 332 g/mol. The highest BCUT2D eigenvalue weighted by Gasteiger charge is 2.23. The molecule has 0 radical (unpaired) electrons. The molecular weight excluding hydrogens is 308 g/mol. The molecule has 0 aliphatic carbocycles. The number of carbonyl (C=O) groups is 1. The zero-order valence-corrected chi connectivity index (χ0v) is 14.5. The number of nitrogens with one attached hydrogen (secondary N) is 2. The van der Waals surface area contributed by atoms with Gasteiger partial charge in [0.15, 0.2) is 0 Å². The molecule has 23 heavy (non-hydrogen) atoms. The van der Waals surface area contributed by atoms with Gasteiger partial charge in [-0.3, -0.25) is 9.69 Å². The summed E-state index contributed by atoms with van der Waals surface area (Å²) in [6, 6.07) is 8.40. The minimum Gasteiger partial charge on any atom is -0.345 e. The fourth-order valence-electron chi connectivity index (χ4n) is 2.97. The number of aromatic amines is 1. The number of amides is 1. The van der Waals surface area contributed by atoms with Gasteiger partial charge in [-0.15, -0.1) is 0 Å².